The Bertz CT molecular complexity index is 571. The minimum absolute atomic E-state index is 0.289. The molecule has 0 saturated carbocycles. The predicted octanol–water partition coefficient (Wildman–Crippen LogP) is 2.97. The van der Waals surface area contributed by atoms with Crippen LogP contribution < -0.4 is 10.1 Å². The van der Waals surface area contributed by atoms with E-state index in [9.17, 15) is 0 Å². The summed E-state index contributed by atoms with van der Waals surface area (Å²) in [5.41, 5.74) is 2.79. The molecule has 1 N–H and O–H groups in total. The molecule has 0 fully saturated rings. The van der Waals surface area contributed by atoms with Crippen LogP contribution >= 0.6 is 0 Å². The second-order valence-corrected chi connectivity index (χ2v) is 4.71. The van der Waals surface area contributed by atoms with Crippen molar-refractivity contribution in [1.82, 2.24) is 9.97 Å². The third-order valence-electron chi connectivity index (χ3n) is 3.51. The summed E-state index contributed by atoms with van der Waals surface area (Å²) in [5, 5.41) is 3.41. The van der Waals surface area contributed by atoms with Crippen molar-refractivity contribution in [2.45, 2.75) is 25.3 Å². The van der Waals surface area contributed by atoms with Gasteiger partial charge in [0.1, 0.15) is 0 Å². The number of hydrogen-bond acceptors (Lipinski definition) is 4. The van der Waals surface area contributed by atoms with E-state index in [0.29, 0.717) is 11.8 Å². The molecule has 1 aromatic heterocycles. The van der Waals surface area contributed by atoms with Gasteiger partial charge in [-0.1, -0.05) is 24.3 Å². The maximum Gasteiger partial charge on any atom is 0.226 e. The molecule has 1 unspecified atom stereocenters. The van der Waals surface area contributed by atoms with Crippen LogP contribution in [0.15, 0.2) is 36.5 Å². The van der Waals surface area contributed by atoms with Crippen LogP contribution in [0.25, 0.3) is 0 Å². The number of nitrogens with one attached hydrogen (secondary N) is 1. The predicted molar refractivity (Wildman–Crippen MR) is 74.3 cm³/mol. The van der Waals surface area contributed by atoms with E-state index in [0.717, 1.165) is 12.8 Å². The van der Waals surface area contributed by atoms with Crippen LogP contribution in [0.4, 0.5) is 5.95 Å². The van der Waals surface area contributed by atoms with E-state index in [1.165, 1.54) is 17.5 Å². The minimum Gasteiger partial charge on any atom is -0.481 e. The van der Waals surface area contributed by atoms with Crippen molar-refractivity contribution in [2.75, 3.05) is 12.4 Å². The van der Waals surface area contributed by atoms with Crippen molar-refractivity contribution < 1.29 is 4.74 Å². The summed E-state index contributed by atoms with van der Waals surface area (Å²) in [5.74, 6) is 1.21. The normalized spacial score (nSPS) is 17.6. The Hall–Kier alpha value is -2.10. The fourth-order valence-corrected chi connectivity index (χ4v) is 2.59. The van der Waals surface area contributed by atoms with Crippen molar-refractivity contribution in [3.63, 3.8) is 0 Å². The van der Waals surface area contributed by atoms with Crippen molar-refractivity contribution >= 4 is 5.95 Å². The van der Waals surface area contributed by atoms with Gasteiger partial charge in [-0.05, 0) is 30.4 Å². The van der Waals surface area contributed by atoms with Gasteiger partial charge in [0.2, 0.25) is 11.8 Å². The van der Waals surface area contributed by atoms with Crippen LogP contribution in [-0.2, 0) is 6.42 Å². The highest BCUT2D eigenvalue weighted by atomic mass is 16.5. The summed E-state index contributed by atoms with van der Waals surface area (Å²) in [6, 6.07) is 10.6. The molecule has 1 aliphatic rings. The molecule has 1 aliphatic carbocycles. The number of benzene rings is 1. The molecular weight excluding hydrogens is 238 g/mol. The number of anilines is 1. The number of hydrogen-bond donors (Lipinski definition) is 1. The molecule has 0 bridgehead atoms. The first kappa shape index (κ1) is 12.0. The van der Waals surface area contributed by atoms with Gasteiger partial charge in [-0.25, -0.2) is 4.98 Å². The van der Waals surface area contributed by atoms with Crippen molar-refractivity contribution in [3.05, 3.63) is 47.7 Å². The van der Waals surface area contributed by atoms with E-state index in [-0.39, 0.29) is 6.04 Å². The van der Waals surface area contributed by atoms with Gasteiger partial charge in [-0.3, -0.25) is 0 Å². The number of aromatic nitrogens is 2. The lowest BCUT2D eigenvalue weighted by atomic mass is 9.88. The lowest BCUT2D eigenvalue weighted by Crippen LogP contribution is -2.18. The van der Waals surface area contributed by atoms with Gasteiger partial charge in [-0.2, -0.15) is 4.98 Å². The SMILES string of the molecule is COc1ccnc(NC2CCCc3ccccc32)n1. The largest absolute Gasteiger partial charge is 0.481 e. The number of fused-ring (bicyclic) bond motifs is 1. The van der Waals surface area contributed by atoms with Crippen molar-refractivity contribution in [1.29, 1.82) is 0 Å². The Morgan fingerprint density at radius 1 is 1.26 bits per heavy atom. The molecule has 2 aromatic rings. The topological polar surface area (TPSA) is 47.0 Å². The van der Waals surface area contributed by atoms with Crippen LogP contribution in [0.5, 0.6) is 5.88 Å². The molecule has 3 rings (SSSR count). The quantitative estimate of drug-likeness (QED) is 0.916. The maximum atomic E-state index is 5.12. The average Bonchev–Trinajstić information content (AvgIpc) is 2.48. The van der Waals surface area contributed by atoms with E-state index >= 15 is 0 Å². The lowest BCUT2D eigenvalue weighted by molar-refractivity contribution is 0.397. The van der Waals surface area contributed by atoms with Gasteiger partial charge in [-0.15, -0.1) is 0 Å². The summed E-state index contributed by atoms with van der Waals surface area (Å²) in [6.07, 6.45) is 5.17. The Balaban J connectivity index is 1.84. The number of aryl methyl sites for hydroxylation is 1. The van der Waals surface area contributed by atoms with E-state index in [4.69, 9.17) is 4.74 Å². The fourth-order valence-electron chi connectivity index (χ4n) is 2.59. The van der Waals surface area contributed by atoms with Gasteiger partial charge < -0.3 is 10.1 Å². The lowest BCUT2D eigenvalue weighted by Gasteiger charge is -2.26. The zero-order valence-electron chi connectivity index (χ0n) is 11.0. The van der Waals surface area contributed by atoms with Gasteiger partial charge in [0.15, 0.2) is 0 Å². The smallest absolute Gasteiger partial charge is 0.226 e. The van der Waals surface area contributed by atoms with Crippen molar-refractivity contribution in [3.8, 4) is 5.88 Å². The molecular formula is C15H17N3O. The standard InChI is InChI=1S/C15H17N3O/c1-19-14-9-10-16-15(18-14)17-13-8-4-6-11-5-2-3-7-12(11)13/h2-3,5,7,9-10,13H,4,6,8H2,1H3,(H,16,17,18). The number of nitrogens with zero attached hydrogens (tertiary/aromatic N) is 2. The first-order valence-corrected chi connectivity index (χ1v) is 6.58. The van der Waals surface area contributed by atoms with Gasteiger partial charge in [0.25, 0.3) is 0 Å². The highest BCUT2D eigenvalue weighted by Gasteiger charge is 2.20. The molecule has 0 spiro atoms. The second-order valence-electron chi connectivity index (χ2n) is 4.71. The molecule has 19 heavy (non-hydrogen) atoms. The average molecular weight is 255 g/mol. The Morgan fingerprint density at radius 2 is 2.16 bits per heavy atom. The highest BCUT2D eigenvalue weighted by Crippen LogP contribution is 2.31. The van der Waals surface area contributed by atoms with Gasteiger partial charge >= 0.3 is 0 Å². The van der Waals surface area contributed by atoms with Gasteiger partial charge in [0.05, 0.1) is 13.2 Å². The summed E-state index contributed by atoms with van der Waals surface area (Å²) in [6.45, 7) is 0. The number of rotatable bonds is 3. The zero-order chi connectivity index (χ0) is 13.1. The summed E-state index contributed by atoms with van der Waals surface area (Å²) in [7, 11) is 1.61. The molecule has 1 atom stereocenters. The molecule has 1 heterocycles. The Labute approximate surface area is 112 Å². The molecule has 0 aliphatic heterocycles. The third-order valence-corrected chi connectivity index (χ3v) is 3.51. The number of ether oxygens (including phenoxy) is 1. The Kier molecular flexibility index (Phi) is 3.31. The molecule has 4 heteroatoms. The van der Waals surface area contributed by atoms with Crippen LogP contribution in [0, 0.1) is 0 Å². The Morgan fingerprint density at radius 3 is 3.05 bits per heavy atom. The fraction of sp³-hybridized carbons (Fsp3) is 0.333. The van der Waals surface area contributed by atoms with E-state index in [1.807, 2.05) is 0 Å². The third kappa shape index (κ3) is 2.52. The van der Waals surface area contributed by atoms with Crippen LogP contribution in [0.2, 0.25) is 0 Å². The summed E-state index contributed by atoms with van der Waals surface area (Å²) < 4.78 is 5.12. The molecule has 1 aromatic carbocycles. The molecule has 0 amide bonds. The molecule has 98 valence electrons. The summed E-state index contributed by atoms with van der Waals surface area (Å²) in [4.78, 5) is 8.57. The maximum absolute atomic E-state index is 5.12. The van der Waals surface area contributed by atoms with Crippen LogP contribution in [0.1, 0.15) is 30.0 Å². The van der Waals surface area contributed by atoms with Crippen LogP contribution in [-0.4, -0.2) is 17.1 Å². The second kappa shape index (κ2) is 5.26. The van der Waals surface area contributed by atoms with Gasteiger partial charge in [0, 0.05) is 12.3 Å². The first-order chi connectivity index (χ1) is 9.36. The molecule has 0 radical (unpaired) electrons. The van der Waals surface area contributed by atoms with E-state index < -0.39 is 0 Å². The van der Waals surface area contributed by atoms with Crippen molar-refractivity contribution in [2.24, 2.45) is 0 Å². The first-order valence-electron chi connectivity index (χ1n) is 6.58. The molecule has 4 nitrogen and oxygen atoms in total. The highest BCUT2D eigenvalue weighted by molar-refractivity contribution is 5.39. The number of methoxy groups -OCH3 is 1. The van der Waals surface area contributed by atoms with E-state index in [2.05, 4.69) is 39.6 Å². The summed E-state index contributed by atoms with van der Waals surface area (Å²) >= 11 is 0. The van der Waals surface area contributed by atoms with Crippen LogP contribution in [0.3, 0.4) is 0 Å². The molecule has 0 saturated heterocycles. The van der Waals surface area contributed by atoms with E-state index in [1.54, 1.807) is 19.4 Å². The minimum atomic E-state index is 0.289. The monoisotopic (exact) mass is 255 g/mol. The zero-order valence-corrected chi connectivity index (χ0v) is 11.0.